The lowest BCUT2D eigenvalue weighted by Gasteiger charge is -2.16. The highest BCUT2D eigenvalue weighted by Crippen LogP contribution is 2.33. The van der Waals surface area contributed by atoms with E-state index in [2.05, 4.69) is 9.97 Å². The Balaban J connectivity index is 0.00000308. The lowest BCUT2D eigenvalue weighted by Crippen LogP contribution is -2.34. The molecule has 2 heterocycles. The van der Waals surface area contributed by atoms with E-state index in [1.54, 1.807) is 6.07 Å². The van der Waals surface area contributed by atoms with E-state index >= 15 is 0 Å². The Morgan fingerprint density at radius 2 is 1.75 bits per heavy atom. The fourth-order valence-corrected chi connectivity index (χ4v) is 5.20. The van der Waals surface area contributed by atoms with Gasteiger partial charge in [-0.2, -0.15) is 0 Å². The number of aromatic amines is 1. The van der Waals surface area contributed by atoms with Gasteiger partial charge in [0.1, 0.15) is 22.9 Å². The van der Waals surface area contributed by atoms with Crippen molar-refractivity contribution in [1.29, 1.82) is 0 Å². The van der Waals surface area contributed by atoms with E-state index in [0.717, 1.165) is 22.8 Å². The minimum absolute atomic E-state index is 0. The maximum atomic E-state index is 14.4. The summed E-state index contributed by atoms with van der Waals surface area (Å²) in [6, 6.07) is 13.0. The number of hydrogen-bond donors (Lipinski definition) is 2. The highest BCUT2D eigenvalue weighted by Gasteiger charge is 2.25. The van der Waals surface area contributed by atoms with Crippen LogP contribution in [-0.2, 0) is 10.0 Å². The molecule has 4 rings (SSSR count). The van der Waals surface area contributed by atoms with Gasteiger partial charge in [-0.05, 0) is 82.1 Å². The summed E-state index contributed by atoms with van der Waals surface area (Å²) in [4.78, 5) is 31.4. The van der Waals surface area contributed by atoms with Crippen molar-refractivity contribution in [2.24, 2.45) is 0 Å². The molecular weight excluding hydrogens is 537 g/mol. The number of aromatic nitrogens is 2. The minimum atomic E-state index is -4.53. The Hall–Kier alpha value is -4.51. The average Bonchev–Trinajstić information content (AvgIpc) is 2.85. The van der Waals surface area contributed by atoms with Crippen molar-refractivity contribution >= 4 is 15.9 Å². The maximum Gasteiger partial charge on any atom is 0.270 e. The zero-order valence-corrected chi connectivity index (χ0v) is 23.4. The molecule has 1 amide bonds. The summed E-state index contributed by atoms with van der Waals surface area (Å²) in [5.41, 5.74) is 2.03. The first-order chi connectivity index (χ1) is 18.8. The molecule has 2 N–H and O–H groups in total. The Bertz CT molecular complexity index is 1750. The van der Waals surface area contributed by atoms with Crippen LogP contribution in [0.3, 0.4) is 0 Å². The highest BCUT2D eigenvalue weighted by atomic mass is 32.2. The molecule has 0 spiro atoms. The van der Waals surface area contributed by atoms with Gasteiger partial charge in [-0.3, -0.25) is 9.59 Å². The van der Waals surface area contributed by atoms with Crippen molar-refractivity contribution in [2.45, 2.75) is 45.6 Å². The molecule has 40 heavy (non-hydrogen) atoms. The molecule has 2 aromatic heterocycles. The number of amides is 1. The van der Waals surface area contributed by atoms with Crippen molar-refractivity contribution in [2.75, 3.05) is 0 Å². The summed E-state index contributed by atoms with van der Waals surface area (Å²) >= 11 is 0. The molecular formula is C29H32FN3O6S. The average molecular weight is 570 g/mol. The predicted molar refractivity (Wildman–Crippen MR) is 152 cm³/mol. The molecule has 0 aliphatic rings. The molecule has 0 radical (unpaired) electrons. The first-order valence-corrected chi connectivity index (χ1v) is 13.8. The van der Waals surface area contributed by atoms with E-state index < -0.39 is 32.2 Å². The third-order valence-corrected chi connectivity index (χ3v) is 7.10. The number of hydrogen-bond acceptors (Lipinski definition) is 7. The molecule has 4 aromatic rings. The van der Waals surface area contributed by atoms with E-state index in [1.165, 1.54) is 36.5 Å². The minimum Gasteiger partial charge on any atom is -0.491 e. The van der Waals surface area contributed by atoms with Crippen LogP contribution >= 0.6 is 0 Å². The SMILES string of the molecule is Cc1cc(C)c(Oc2nc(-c3cc(F)cc(OC(C)C)c3)ccc2C(=O)NS(=O)(=O)c2ccc[nH]c2=O)c(C)c1.[HH].[HH]. The number of pyridine rings is 2. The number of ether oxygens (including phenoxy) is 2. The molecule has 2 aromatic carbocycles. The Labute approximate surface area is 234 Å². The fraction of sp³-hybridized carbons (Fsp3) is 0.207. The number of nitrogens with zero attached hydrogens (tertiary/aromatic N) is 1. The topological polar surface area (TPSA) is 127 Å². The van der Waals surface area contributed by atoms with Crippen LogP contribution < -0.4 is 19.8 Å². The zero-order valence-electron chi connectivity index (χ0n) is 22.5. The molecule has 0 atom stereocenters. The first kappa shape index (κ1) is 28.5. The van der Waals surface area contributed by atoms with Crippen molar-refractivity contribution in [3.8, 4) is 28.6 Å². The van der Waals surface area contributed by atoms with Gasteiger partial charge >= 0.3 is 0 Å². The van der Waals surface area contributed by atoms with E-state index in [4.69, 9.17) is 9.47 Å². The summed E-state index contributed by atoms with van der Waals surface area (Å²) in [6.07, 6.45) is 1.08. The molecule has 212 valence electrons. The van der Waals surface area contributed by atoms with Crippen molar-refractivity contribution in [3.05, 3.63) is 99.2 Å². The number of sulfonamides is 1. The van der Waals surface area contributed by atoms with Crippen LogP contribution in [-0.4, -0.2) is 30.4 Å². The standard InChI is InChI=1S/C29H28FN3O6S.2H2/c1-16(2)38-22-14-20(13-21(30)15-22)24-9-8-23(27(34)33-40(36,37)25-7-6-10-31-28(25)35)29(32-24)39-26-18(4)11-17(3)12-19(26)5;;/h6-16H,1-5H3,(H,31,35)(H,33,34);2*1H. The highest BCUT2D eigenvalue weighted by molar-refractivity contribution is 7.90. The summed E-state index contributed by atoms with van der Waals surface area (Å²) in [5, 5.41) is 0. The summed E-state index contributed by atoms with van der Waals surface area (Å²) in [7, 11) is -4.53. The van der Waals surface area contributed by atoms with Crippen LogP contribution in [0.5, 0.6) is 17.4 Å². The zero-order chi connectivity index (χ0) is 29.2. The third kappa shape index (κ3) is 6.37. The van der Waals surface area contributed by atoms with Gasteiger partial charge in [0.2, 0.25) is 5.88 Å². The second kappa shape index (κ2) is 11.3. The first-order valence-electron chi connectivity index (χ1n) is 12.3. The number of carbonyl (C=O) groups excluding carboxylic acids is 1. The molecule has 0 aliphatic carbocycles. The molecule has 0 unspecified atom stereocenters. The summed E-state index contributed by atoms with van der Waals surface area (Å²) in [5.74, 6) is -1.11. The van der Waals surface area contributed by atoms with Gasteiger partial charge in [-0.25, -0.2) is 22.5 Å². The Morgan fingerprint density at radius 1 is 1.05 bits per heavy atom. The quantitative estimate of drug-likeness (QED) is 0.279. The van der Waals surface area contributed by atoms with E-state index in [0.29, 0.717) is 17.1 Å². The second-order valence-electron chi connectivity index (χ2n) is 9.52. The smallest absolute Gasteiger partial charge is 0.270 e. The van der Waals surface area contributed by atoms with Crippen molar-refractivity contribution in [1.82, 2.24) is 14.7 Å². The van der Waals surface area contributed by atoms with Gasteiger partial charge < -0.3 is 14.5 Å². The van der Waals surface area contributed by atoms with Gasteiger partial charge in [-0.15, -0.1) is 0 Å². The van der Waals surface area contributed by atoms with Crippen LogP contribution in [0.25, 0.3) is 11.3 Å². The lowest BCUT2D eigenvalue weighted by molar-refractivity contribution is 0.0978. The van der Waals surface area contributed by atoms with E-state index in [1.807, 2.05) is 51.5 Å². The third-order valence-electron chi connectivity index (χ3n) is 5.75. The number of aryl methyl sites for hydroxylation is 3. The second-order valence-corrected chi connectivity index (χ2v) is 11.2. The Kier molecular flexibility index (Phi) is 8.06. The molecule has 0 saturated heterocycles. The van der Waals surface area contributed by atoms with Gasteiger partial charge in [0.05, 0.1) is 11.8 Å². The molecule has 9 nitrogen and oxygen atoms in total. The fourth-order valence-electron chi connectivity index (χ4n) is 4.18. The van der Waals surface area contributed by atoms with Crippen LogP contribution in [0, 0.1) is 26.6 Å². The molecule has 0 saturated carbocycles. The molecule has 0 fully saturated rings. The van der Waals surface area contributed by atoms with Gasteiger partial charge in [0.25, 0.3) is 21.5 Å². The monoisotopic (exact) mass is 569 g/mol. The maximum absolute atomic E-state index is 14.4. The number of benzene rings is 2. The molecule has 11 heteroatoms. The van der Waals surface area contributed by atoms with Gasteiger partial charge in [-0.1, -0.05) is 17.7 Å². The summed E-state index contributed by atoms with van der Waals surface area (Å²) in [6.45, 7) is 9.20. The number of carbonyl (C=O) groups is 1. The van der Waals surface area contributed by atoms with E-state index in [-0.39, 0.29) is 26.1 Å². The Morgan fingerprint density at radius 3 is 2.40 bits per heavy atom. The summed E-state index contributed by atoms with van der Waals surface area (Å²) < 4.78 is 53.8. The van der Waals surface area contributed by atoms with E-state index in [9.17, 15) is 22.4 Å². The predicted octanol–water partition coefficient (Wildman–Crippen LogP) is 5.69. The largest absolute Gasteiger partial charge is 0.491 e. The van der Waals surface area contributed by atoms with Gasteiger partial charge in [0.15, 0.2) is 4.90 Å². The number of halogens is 1. The van der Waals surface area contributed by atoms with Crippen LogP contribution in [0.4, 0.5) is 4.39 Å². The van der Waals surface area contributed by atoms with Crippen LogP contribution in [0.2, 0.25) is 0 Å². The number of rotatable bonds is 8. The normalized spacial score (nSPS) is 11.4. The molecule has 0 aliphatic heterocycles. The van der Waals surface area contributed by atoms with Gasteiger partial charge in [0, 0.05) is 20.7 Å². The van der Waals surface area contributed by atoms with Crippen LogP contribution in [0.15, 0.2) is 70.5 Å². The van der Waals surface area contributed by atoms with Crippen LogP contribution in [0.1, 0.15) is 43.7 Å². The number of H-pyrrole nitrogens is 1. The van der Waals surface area contributed by atoms with Crippen molar-refractivity contribution < 1.29 is 29.9 Å². The molecule has 0 bridgehead atoms. The van der Waals surface area contributed by atoms with Crippen molar-refractivity contribution in [3.63, 3.8) is 0 Å². The number of nitrogens with one attached hydrogen (secondary N) is 2. The lowest BCUT2D eigenvalue weighted by atomic mass is 10.1.